The number of anilines is 1. The average Bonchev–Trinajstić information content (AvgIpc) is 3.09. The molecular formula is C14H14N2O2S2. The highest BCUT2D eigenvalue weighted by atomic mass is 32.2. The Morgan fingerprint density at radius 3 is 2.85 bits per heavy atom. The molecule has 0 radical (unpaired) electrons. The van der Waals surface area contributed by atoms with Gasteiger partial charge in [0.2, 0.25) is 5.91 Å². The number of hydrogen-bond acceptors (Lipinski definition) is 5. The molecule has 0 saturated carbocycles. The van der Waals surface area contributed by atoms with Gasteiger partial charge in [0.1, 0.15) is 11.1 Å². The van der Waals surface area contributed by atoms with Crippen molar-refractivity contribution in [3.8, 4) is 5.75 Å². The van der Waals surface area contributed by atoms with E-state index in [1.165, 1.54) is 11.3 Å². The summed E-state index contributed by atoms with van der Waals surface area (Å²) in [4.78, 5) is 18.1. The maximum atomic E-state index is 12.1. The summed E-state index contributed by atoms with van der Waals surface area (Å²) in [5, 5.41) is 2.66. The second-order valence-corrected chi connectivity index (χ2v) is 6.19. The van der Waals surface area contributed by atoms with Crippen molar-refractivity contribution in [2.24, 2.45) is 0 Å². The maximum Gasteiger partial charge on any atom is 0.240 e. The van der Waals surface area contributed by atoms with Crippen LogP contribution < -0.4 is 9.64 Å². The molecule has 104 valence electrons. The highest BCUT2D eigenvalue weighted by Crippen LogP contribution is 2.42. The van der Waals surface area contributed by atoms with Crippen LogP contribution in [0.1, 0.15) is 17.9 Å². The van der Waals surface area contributed by atoms with Crippen molar-refractivity contribution in [3.63, 3.8) is 0 Å². The van der Waals surface area contributed by atoms with Crippen LogP contribution in [0.4, 0.5) is 5.13 Å². The molecule has 1 saturated heterocycles. The van der Waals surface area contributed by atoms with Gasteiger partial charge in [-0.3, -0.25) is 9.69 Å². The van der Waals surface area contributed by atoms with Crippen molar-refractivity contribution in [1.82, 2.24) is 4.98 Å². The number of nitrogens with zero attached hydrogens (tertiary/aromatic N) is 2. The Balaban J connectivity index is 1.86. The van der Waals surface area contributed by atoms with Crippen molar-refractivity contribution in [2.45, 2.75) is 12.3 Å². The number of thiazole rings is 1. The number of carbonyl (C=O) groups is 1. The Morgan fingerprint density at radius 1 is 1.40 bits per heavy atom. The summed E-state index contributed by atoms with van der Waals surface area (Å²) in [6.07, 6.45) is 1.73. The Bertz CT molecular complexity index is 584. The molecule has 4 nitrogen and oxygen atoms in total. The van der Waals surface area contributed by atoms with Gasteiger partial charge in [-0.1, -0.05) is 12.1 Å². The normalized spacial score (nSPS) is 18.6. The highest BCUT2D eigenvalue weighted by molar-refractivity contribution is 8.00. The summed E-state index contributed by atoms with van der Waals surface area (Å²) in [5.74, 6) is 1.47. The fourth-order valence-corrected chi connectivity index (χ4v) is 4.02. The standard InChI is InChI=1S/C14H14N2O2S2/c1-2-18-11-5-3-10(4-6-11)13-16(12(17)9-20-13)14-15-7-8-19-14/h3-8,13H,2,9H2,1H3/t13-/m1/s1. The first-order valence-electron chi connectivity index (χ1n) is 6.35. The lowest BCUT2D eigenvalue weighted by Gasteiger charge is -2.21. The van der Waals surface area contributed by atoms with Gasteiger partial charge in [0, 0.05) is 11.6 Å². The monoisotopic (exact) mass is 306 g/mol. The first-order chi connectivity index (χ1) is 9.79. The van der Waals surface area contributed by atoms with E-state index in [-0.39, 0.29) is 11.3 Å². The van der Waals surface area contributed by atoms with E-state index in [4.69, 9.17) is 4.74 Å². The van der Waals surface area contributed by atoms with E-state index in [0.717, 1.165) is 16.4 Å². The fraction of sp³-hybridized carbons (Fsp3) is 0.286. The minimum absolute atomic E-state index is 0.00401. The van der Waals surface area contributed by atoms with E-state index in [1.807, 2.05) is 36.6 Å². The van der Waals surface area contributed by atoms with Crippen molar-refractivity contribution in [2.75, 3.05) is 17.3 Å². The minimum atomic E-state index is 0.00401. The van der Waals surface area contributed by atoms with Crippen molar-refractivity contribution >= 4 is 34.1 Å². The predicted octanol–water partition coefficient (Wildman–Crippen LogP) is 3.32. The number of hydrogen-bond donors (Lipinski definition) is 0. The van der Waals surface area contributed by atoms with Crippen molar-refractivity contribution in [1.29, 1.82) is 0 Å². The second-order valence-electron chi connectivity index (χ2n) is 4.24. The Morgan fingerprint density at radius 2 is 2.20 bits per heavy atom. The summed E-state index contributed by atoms with van der Waals surface area (Å²) in [5.41, 5.74) is 1.10. The van der Waals surface area contributed by atoms with Crippen LogP contribution in [0.25, 0.3) is 0 Å². The number of amides is 1. The van der Waals surface area contributed by atoms with Gasteiger partial charge in [0.25, 0.3) is 0 Å². The Labute approximate surface area is 125 Å². The molecule has 1 aliphatic heterocycles. The third kappa shape index (κ3) is 2.53. The zero-order chi connectivity index (χ0) is 13.9. The highest BCUT2D eigenvalue weighted by Gasteiger charge is 2.35. The summed E-state index contributed by atoms with van der Waals surface area (Å²) in [6, 6.07) is 7.92. The fourth-order valence-electron chi connectivity index (χ4n) is 2.11. The van der Waals surface area contributed by atoms with Gasteiger partial charge in [0.15, 0.2) is 5.13 Å². The number of ether oxygens (including phenoxy) is 1. The van der Waals surface area contributed by atoms with Gasteiger partial charge in [-0.05, 0) is 24.6 Å². The van der Waals surface area contributed by atoms with E-state index in [0.29, 0.717) is 12.4 Å². The molecule has 0 unspecified atom stereocenters. The van der Waals surface area contributed by atoms with Gasteiger partial charge in [-0.2, -0.15) is 0 Å². The van der Waals surface area contributed by atoms with Gasteiger partial charge < -0.3 is 4.74 Å². The van der Waals surface area contributed by atoms with Crippen LogP contribution in [0.3, 0.4) is 0 Å². The third-order valence-electron chi connectivity index (χ3n) is 2.97. The molecule has 2 heterocycles. The molecular weight excluding hydrogens is 292 g/mol. The first-order valence-corrected chi connectivity index (χ1v) is 8.28. The molecule has 2 aromatic rings. The molecule has 1 aliphatic rings. The molecule has 1 amide bonds. The van der Waals surface area contributed by atoms with Crippen molar-refractivity contribution in [3.05, 3.63) is 41.4 Å². The number of thioether (sulfide) groups is 1. The molecule has 0 bridgehead atoms. The molecule has 0 spiro atoms. The summed E-state index contributed by atoms with van der Waals surface area (Å²) < 4.78 is 5.45. The van der Waals surface area contributed by atoms with E-state index in [9.17, 15) is 4.79 Å². The molecule has 0 aliphatic carbocycles. The first kappa shape index (κ1) is 13.5. The quantitative estimate of drug-likeness (QED) is 0.869. The number of benzene rings is 1. The van der Waals surface area contributed by atoms with Crippen LogP contribution >= 0.6 is 23.1 Å². The van der Waals surface area contributed by atoms with E-state index in [1.54, 1.807) is 22.9 Å². The van der Waals surface area contributed by atoms with Crippen LogP contribution in [0.2, 0.25) is 0 Å². The second kappa shape index (κ2) is 5.85. The van der Waals surface area contributed by atoms with Crippen LogP contribution in [0, 0.1) is 0 Å². The smallest absolute Gasteiger partial charge is 0.240 e. The molecule has 1 aromatic carbocycles. The lowest BCUT2D eigenvalue weighted by molar-refractivity contribution is -0.115. The van der Waals surface area contributed by atoms with Gasteiger partial charge in [-0.15, -0.1) is 23.1 Å². The topological polar surface area (TPSA) is 42.4 Å². The molecule has 20 heavy (non-hydrogen) atoms. The van der Waals surface area contributed by atoms with Crippen LogP contribution in [0.5, 0.6) is 5.75 Å². The zero-order valence-corrected chi connectivity index (χ0v) is 12.6. The zero-order valence-electron chi connectivity index (χ0n) is 11.0. The van der Waals surface area contributed by atoms with Crippen molar-refractivity contribution < 1.29 is 9.53 Å². The van der Waals surface area contributed by atoms with Gasteiger partial charge in [-0.25, -0.2) is 4.98 Å². The minimum Gasteiger partial charge on any atom is -0.494 e. The number of aromatic nitrogens is 1. The molecule has 0 N–H and O–H groups in total. The average molecular weight is 306 g/mol. The SMILES string of the molecule is CCOc1ccc([C@H]2SCC(=O)N2c2nccs2)cc1. The Hall–Kier alpha value is -1.53. The van der Waals surface area contributed by atoms with Crippen LogP contribution in [-0.2, 0) is 4.79 Å². The molecule has 1 fully saturated rings. The largest absolute Gasteiger partial charge is 0.494 e. The molecule has 1 atom stereocenters. The maximum absolute atomic E-state index is 12.1. The predicted molar refractivity (Wildman–Crippen MR) is 82.4 cm³/mol. The van der Waals surface area contributed by atoms with E-state index >= 15 is 0 Å². The lowest BCUT2D eigenvalue weighted by Crippen LogP contribution is -2.27. The van der Waals surface area contributed by atoms with Crippen LogP contribution in [0.15, 0.2) is 35.8 Å². The molecule has 1 aromatic heterocycles. The number of rotatable bonds is 4. The Kier molecular flexibility index (Phi) is 3.93. The summed E-state index contributed by atoms with van der Waals surface area (Å²) in [6.45, 7) is 2.62. The summed E-state index contributed by atoms with van der Waals surface area (Å²) >= 11 is 3.12. The molecule has 3 rings (SSSR count). The van der Waals surface area contributed by atoms with E-state index < -0.39 is 0 Å². The van der Waals surface area contributed by atoms with E-state index in [2.05, 4.69) is 4.98 Å². The van der Waals surface area contributed by atoms with Crippen LogP contribution in [-0.4, -0.2) is 23.3 Å². The molecule has 6 heteroatoms. The van der Waals surface area contributed by atoms with Gasteiger partial charge >= 0.3 is 0 Å². The number of carbonyl (C=O) groups excluding carboxylic acids is 1. The third-order valence-corrected chi connectivity index (χ3v) is 4.95. The van der Waals surface area contributed by atoms with Gasteiger partial charge in [0.05, 0.1) is 12.4 Å². The summed E-state index contributed by atoms with van der Waals surface area (Å²) in [7, 11) is 0. The lowest BCUT2D eigenvalue weighted by atomic mass is 10.2.